The standard InChI is InChI=1S/C22H25N3O7S/c1-14(25-33(29,30)17-9-7-16(8-10-17)23-15(2)26)22(28)32-13-21(27)24-19-11-12-31-20-6-4-3-5-18(19)20/h3-10,14,19,25H,11-13H2,1-2H3,(H,23,26)(H,24,27)/t14-,19?/m0/s1. The number of esters is 1. The largest absolute Gasteiger partial charge is 0.493 e. The van der Waals surface area contributed by atoms with E-state index >= 15 is 0 Å². The molecule has 33 heavy (non-hydrogen) atoms. The van der Waals surface area contributed by atoms with Gasteiger partial charge in [0, 0.05) is 24.6 Å². The molecule has 2 amide bonds. The van der Waals surface area contributed by atoms with Crippen LogP contribution in [-0.4, -0.2) is 45.5 Å². The van der Waals surface area contributed by atoms with E-state index in [0.29, 0.717) is 24.5 Å². The van der Waals surface area contributed by atoms with Crippen LogP contribution in [0.4, 0.5) is 5.69 Å². The number of carbonyl (C=O) groups excluding carboxylic acids is 3. The van der Waals surface area contributed by atoms with E-state index in [2.05, 4.69) is 15.4 Å². The maximum Gasteiger partial charge on any atom is 0.324 e. The van der Waals surface area contributed by atoms with Crippen LogP contribution in [-0.2, 0) is 29.1 Å². The second-order valence-corrected chi connectivity index (χ2v) is 9.17. The van der Waals surface area contributed by atoms with Crippen LogP contribution in [0.5, 0.6) is 5.75 Å². The highest BCUT2D eigenvalue weighted by Gasteiger charge is 2.26. The van der Waals surface area contributed by atoms with Gasteiger partial charge in [-0.25, -0.2) is 8.42 Å². The molecule has 0 radical (unpaired) electrons. The van der Waals surface area contributed by atoms with Crippen molar-refractivity contribution in [2.75, 3.05) is 18.5 Å². The molecule has 176 valence electrons. The fourth-order valence-electron chi connectivity index (χ4n) is 3.26. The second kappa shape index (κ2) is 10.5. The topological polar surface area (TPSA) is 140 Å². The van der Waals surface area contributed by atoms with E-state index in [1.165, 1.54) is 38.1 Å². The molecule has 10 nitrogen and oxygen atoms in total. The third-order valence-electron chi connectivity index (χ3n) is 4.81. The Morgan fingerprint density at radius 1 is 1.12 bits per heavy atom. The van der Waals surface area contributed by atoms with Crippen molar-refractivity contribution in [1.29, 1.82) is 0 Å². The van der Waals surface area contributed by atoms with E-state index in [4.69, 9.17) is 9.47 Å². The summed E-state index contributed by atoms with van der Waals surface area (Å²) in [6.07, 6.45) is 0.577. The van der Waals surface area contributed by atoms with Crippen molar-refractivity contribution in [3.05, 3.63) is 54.1 Å². The first-order valence-corrected chi connectivity index (χ1v) is 11.7. The molecule has 3 N–H and O–H groups in total. The molecular weight excluding hydrogens is 450 g/mol. The van der Waals surface area contributed by atoms with E-state index in [1.54, 1.807) is 0 Å². The number of nitrogens with one attached hydrogen (secondary N) is 3. The maximum atomic E-state index is 12.5. The van der Waals surface area contributed by atoms with Crippen molar-refractivity contribution in [2.24, 2.45) is 0 Å². The minimum atomic E-state index is -4.02. The number of hydrogen-bond donors (Lipinski definition) is 3. The number of sulfonamides is 1. The van der Waals surface area contributed by atoms with Crippen molar-refractivity contribution in [3.63, 3.8) is 0 Å². The quantitative estimate of drug-likeness (QED) is 0.492. The Balaban J connectivity index is 1.51. The van der Waals surface area contributed by atoms with Crippen LogP contribution in [0.25, 0.3) is 0 Å². The zero-order valence-corrected chi connectivity index (χ0v) is 19.0. The molecule has 0 bridgehead atoms. The summed E-state index contributed by atoms with van der Waals surface area (Å²) in [6.45, 7) is 2.56. The highest BCUT2D eigenvalue weighted by Crippen LogP contribution is 2.31. The van der Waals surface area contributed by atoms with Gasteiger partial charge in [0.15, 0.2) is 6.61 Å². The predicted octanol–water partition coefficient (Wildman–Crippen LogP) is 1.49. The molecular formula is C22H25N3O7S. The first-order valence-electron chi connectivity index (χ1n) is 10.2. The highest BCUT2D eigenvalue weighted by atomic mass is 32.2. The Bertz CT molecular complexity index is 1130. The monoisotopic (exact) mass is 475 g/mol. The summed E-state index contributed by atoms with van der Waals surface area (Å²) in [5, 5.41) is 5.33. The van der Waals surface area contributed by atoms with E-state index in [9.17, 15) is 22.8 Å². The molecule has 1 heterocycles. The van der Waals surface area contributed by atoms with Gasteiger partial charge in [-0.1, -0.05) is 18.2 Å². The van der Waals surface area contributed by atoms with Gasteiger partial charge in [0.2, 0.25) is 15.9 Å². The molecule has 0 spiro atoms. The zero-order valence-electron chi connectivity index (χ0n) is 18.2. The van der Waals surface area contributed by atoms with Gasteiger partial charge >= 0.3 is 5.97 Å². The van der Waals surface area contributed by atoms with E-state index in [1.807, 2.05) is 24.3 Å². The summed E-state index contributed by atoms with van der Waals surface area (Å²) in [6, 6.07) is 11.3. The normalized spacial score (nSPS) is 16.0. The summed E-state index contributed by atoms with van der Waals surface area (Å²) in [4.78, 5) is 35.5. The number of benzene rings is 2. The van der Waals surface area contributed by atoms with Gasteiger partial charge in [-0.3, -0.25) is 14.4 Å². The van der Waals surface area contributed by atoms with Gasteiger partial charge in [0.1, 0.15) is 11.8 Å². The van der Waals surface area contributed by atoms with Crippen LogP contribution >= 0.6 is 0 Å². The van der Waals surface area contributed by atoms with Gasteiger partial charge in [0.25, 0.3) is 5.91 Å². The third-order valence-corrected chi connectivity index (χ3v) is 6.37. The van der Waals surface area contributed by atoms with Crippen molar-refractivity contribution < 1.29 is 32.3 Å². The Kier molecular flexibility index (Phi) is 7.67. The second-order valence-electron chi connectivity index (χ2n) is 7.45. The molecule has 11 heteroatoms. The molecule has 3 rings (SSSR count). The molecule has 2 aromatic rings. The lowest BCUT2D eigenvalue weighted by Crippen LogP contribution is -2.41. The first-order chi connectivity index (χ1) is 15.7. The molecule has 2 aromatic carbocycles. The highest BCUT2D eigenvalue weighted by molar-refractivity contribution is 7.89. The fraction of sp³-hybridized carbons (Fsp3) is 0.318. The van der Waals surface area contributed by atoms with Gasteiger partial charge in [-0.15, -0.1) is 0 Å². The summed E-state index contributed by atoms with van der Waals surface area (Å²) in [7, 11) is -4.02. The van der Waals surface area contributed by atoms with Gasteiger partial charge in [-0.05, 0) is 37.3 Å². The maximum absolute atomic E-state index is 12.5. The average molecular weight is 476 g/mol. The Hall–Kier alpha value is -3.44. The van der Waals surface area contributed by atoms with Crippen molar-refractivity contribution in [1.82, 2.24) is 10.0 Å². The minimum Gasteiger partial charge on any atom is -0.493 e. The number of para-hydroxylation sites is 1. The number of fused-ring (bicyclic) bond motifs is 1. The lowest BCUT2D eigenvalue weighted by Gasteiger charge is -2.26. The summed E-state index contributed by atoms with van der Waals surface area (Å²) in [5.74, 6) is -0.992. The number of rotatable bonds is 8. The zero-order chi connectivity index (χ0) is 24.0. The molecule has 0 aliphatic carbocycles. The average Bonchev–Trinajstić information content (AvgIpc) is 2.77. The van der Waals surface area contributed by atoms with Crippen molar-refractivity contribution >= 4 is 33.5 Å². The minimum absolute atomic E-state index is 0.0906. The van der Waals surface area contributed by atoms with Gasteiger partial charge in [0.05, 0.1) is 17.5 Å². The van der Waals surface area contributed by atoms with Crippen LogP contribution in [0, 0.1) is 0 Å². The van der Waals surface area contributed by atoms with Crippen molar-refractivity contribution in [3.8, 4) is 5.75 Å². The molecule has 0 saturated heterocycles. The van der Waals surface area contributed by atoms with E-state index in [-0.39, 0.29) is 16.8 Å². The summed E-state index contributed by atoms with van der Waals surface area (Å²) in [5.41, 5.74) is 1.28. The fourth-order valence-corrected chi connectivity index (χ4v) is 4.45. The molecule has 1 unspecified atom stereocenters. The number of amides is 2. The van der Waals surface area contributed by atoms with Crippen LogP contribution in [0.2, 0.25) is 0 Å². The molecule has 2 atom stereocenters. The summed E-state index contributed by atoms with van der Waals surface area (Å²) >= 11 is 0. The first kappa shape index (κ1) is 24.2. The molecule has 0 saturated carbocycles. The number of anilines is 1. The van der Waals surface area contributed by atoms with Crippen LogP contribution < -0.4 is 20.1 Å². The molecule has 0 aromatic heterocycles. The Morgan fingerprint density at radius 2 is 1.82 bits per heavy atom. The Morgan fingerprint density at radius 3 is 2.52 bits per heavy atom. The lowest BCUT2D eigenvalue weighted by atomic mass is 10.0. The lowest BCUT2D eigenvalue weighted by molar-refractivity contribution is -0.150. The number of carbonyl (C=O) groups is 3. The smallest absolute Gasteiger partial charge is 0.324 e. The van der Waals surface area contributed by atoms with E-state index < -0.39 is 34.5 Å². The molecule has 1 aliphatic heterocycles. The van der Waals surface area contributed by atoms with E-state index in [0.717, 1.165) is 5.56 Å². The van der Waals surface area contributed by atoms with Crippen molar-refractivity contribution in [2.45, 2.75) is 37.2 Å². The van der Waals surface area contributed by atoms with Crippen LogP contribution in [0.3, 0.4) is 0 Å². The van der Waals surface area contributed by atoms with Gasteiger partial charge < -0.3 is 20.1 Å². The SMILES string of the molecule is CC(=O)Nc1ccc(S(=O)(=O)N[C@@H](C)C(=O)OCC(=O)NC2CCOc3ccccc32)cc1. The molecule has 1 aliphatic rings. The number of ether oxygens (including phenoxy) is 2. The Labute approximate surface area is 191 Å². The summed E-state index contributed by atoms with van der Waals surface area (Å²) < 4.78 is 37.7. The molecule has 0 fully saturated rings. The third kappa shape index (κ3) is 6.53. The van der Waals surface area contributed by atoms with Crippen LogP contribution in [0.15, 0.2) is 53.4 Å². The number of hydrogen-bond acceptors (Lipinski definition) is 7. The van der Waals surface area contributed by atoms with Gasteiger partial charge in [-0.2, -0.15) is 4.72 Å². The predicted molar refractivity (Wildman–Crippen MR) is 119 cm³/mol. The van der Waals surface area contributed by atoms with Crippen LogP contribution in [0.1, 0.15) is 31.9 Å².